The first kappa shape index (κ1) is 17.2. The van der Waals surface area contributed by atoms with Crippen LogP contribution in [-0.2, 0) is 11.8 Å². The van der Waals surface area contributed by atoms with E-state index in [1.54, 1.807) is 25.2 Å². The van der Waals surface area contributed by atoms with Crippen molar-refractivity contribution in [2.75, 3.05) is 39.9 Å². The van der Waals surface area contributed by atoms with Gasteiger partial charge < -0.3 is 14.2 Å². The summed E-state index contributed by atoms with van der Waals surface area (Å²) < 4.78 is 6.97. The number of amides is 1. The van der Waals surface area contributed by atoms with E-state index in [1.807, 2.05) is 4.90 Å². The molecule has 1 spiro atoms. The molecule has 7 nitrogen and oxygen atoms in total. The number of hydrogen-bond acceptors (Lipinski definition) is 5. The monoisotopic (exact) mass is 356 g/mol. The van der Waals surface area contributed by atoms with Crippen molar-refractivity contribution in [2.45, 2.75) is 18.4 Å². The summed E-state index contributed by atoms with van der Waals surface area (Å²) in [5.41, 5.74) is 1.06. The second-order valence-electron chi connectivity index (χ2n) is 7.38. The summed E-state index contributed by atoms with van der Waals surface area (Å²) in [7, 11) is 3.81. The molecule has 2 saturated heterocycles. The summed E-state index contributed by atoms with van der Waals surface area (Å²) in [4.78, 5) is 33.9. The molecule has 2 aliphatic heterocycles. The van der Waals surface area contributed by atoms with Crippen molar-refractivity contribution < 1.29 is 9.53 Å². The fourth-order valence-corrected chi connectivity index (χ4v) is 4.05. The molecule has 7 heteroatoms. The average Bonchev–Trinajstić information content (AvgIpc) is 2.67. The molecule has 0 unspecified atom stereocenters. The molecule has 2 fully saturated rings. The molecule has 26 heavy (non-hydrogen) atoms. The molecule has 0 radical (unpaired) electrons. The lowest BCUT2D eigenvalue weighted by Gasteiger charge is -2.51. The van der Waals surface area contributed by atoms with Crippen molar-refractivity contribution in [1.29, 1.82) is 0 Å². The number of rotatable bonds is 1. The molecule has 0 N–H and O–H groups in total. The maximum Gasteiger partial charge on any atom is 0.260 e. The highest BCUT2D eigenvalue weighted by Gasteiger charge is 2.42. The summed E-state index contributed by atoms with van der Waals surface area (Å²) in [5, 5.41) is 0.533. The Morgan fingerprint density at radius 2 is 1.96 bits per heavy atom. The molecule has 1 aromatic heterocycles. The molecule has 3 heterocycles. The number of fused-ring (bicyclic) bond motifs is 1. The van der Waals surface area contributed by atoms with Crippen LogP contribution in [0.15, 0.2) is 29.3 Å². The van der Waals surface area contributed by atoms with E-state index in [0.29, 0.717) is 29.6 Å². The number of ether oxygens (including phenoxy) is 1. The summed E-state index contributed by atoms with van der Waals surface area (Å²) in [6.07, 6.45) is 3.39. The van der Waals surface area contributed by atoms with Crippen LogP contribution in [0.25, 0.3) is 10.9 Å². The highest BCUT2D eigenvalue weighted by Crippen LogP contribution is 2.31. The number of nitrogens with zero attached hydrogens (tertiary/aromatic N) is 4. The lowest BCUT2D eigenvalue weighted by molar-refractivity contribution is -0.0543. The molecule has 1 amide bonds. The molecule has 0 aliphatic carbocycles. The third-order valence-corrected chi connectivity index (χ3v) is 5.88. The van der Waals surface area contributed by atoms with Gasteiger partial charge in [-0.2, -0.15) is 0 Å². The van der Waals surface area contributed by atoms with Gasteiger partial charge in [0.1, 0.15) is 0 Å². The predicted molar refractivity (Wildman–Crippen MR) is 98.3 cm³/mol. The minimum Gasteiger partial charge on any atom is -0.381 e. The van der Waals surface area contributed by atoms with Crippen LogP contribution in [0.2, 0.25) is 0 Å². The highest BCUT2D eigenvalue weighted by atomic mass is 16.5. The van der Waals surface area contributed by atoms with Gasteiger partial charge in [-0.05, 0) is 38.1 Å². The zero-order chi connectivity index (χ0) is 18.3. The second-order valence-corrected chi connectivity index (χ2v) is 7.38. The van der Waals surface area contributed by atoms with Crippen LogP contribution >= 0.6 is 0 Å². The first-order valence-electron chi connectivity index (χ1n) is 9.04. The Hall–Kier alpha value is -2.25. The molecule has 2 aromatic rings. The van der Waals surface area contributed by atoms with Gasteiger partial charge in [0.2, 0.25) is 0 Å². The molecule has 138 valence electrons. The standard InChI is InChI=1S/C19H24N4O3/c1-21-13-20-16-11-14(3-4-15(16)18(21)25)17(24)23-8-7-22(2)19(12-23)5-9-26-10-6-19/h3-4,11,13H,5-10,12H2,1-2H3. The van der Waals surface area contributed by atoms with E-state index in [1.165, 1.54) is 10.9 Å². The SMILES string of the molecule is CN1CCN(C(=O)c2ccc3c(=O)n(C)cnc3c2)CC12CCOCC2. The molecular weight excluding hydrogens is 332 g/mol. The van der Waals surface area contributed by atoms with Crippen molar-refractivity contribution in [3.8, 4) is 0 Å². The number of aryl methyl sites for hydroxylation is 1. The number of hydrogen-bond donors (Lipinski definition) is 0. The fourth-order valence-electron chi connectivity index (χ4n) is 4.05. The van der Waals surface area contributed by atoms with E-state index in [2.05, 4.69) is 16.9 Å². The molecule has 1 aromatic carbocycles. The summed E-state index contributed by atoms with van der Waals surface area (Å²) in [6, 6.07) is 5.18. The van der Waals surface area contributed by atoms with Gasteiger partial charge in [0.05, 0.1) is 17.2 Å². The lowest BCUT2D eigenvalue weighted by Crippen LogP contribution is -2.63. The van der Waals surface area contributed by atoms with Crippen molar-refractivity contribution in [3.63, 3.8) is 0 Å². The maximum absolute atomic E-state index is 13.1. The molecule has 2 aliphatic rings. The van der Waals surface area contributed by atoms with Gasteiger partial charge >= 0.3 is 0 Å². The predicted octanol–water partition coefficient (Wildman–Crippen LogP) is 0.870. The van der Waals surface area contributed by atoms with Crippen molar-refractivity contribution in [1.82, 2.24) is 19.4 Å². The normalized spacial score (nSPS) is 20.6. The Balaban J connectivity index is 1.62. The Morgan fingerprint density at radius 3 is 2.73 bits per heavy atom. The van der Waals surface area contributed by atoms with E-state index >= 15 is 0 Å². The highest BCUT2D eigenvalue weighted by molar-refractivity contribution is 5.97. The van der Waals surface area contributed by atoms with Crippen LogP contribution in [0.4, 0.5) is 0 Å². The third-order valence-electron chi connectivity index (χ3n) is 5.88. The van der Waals surface area contributed by atoms with E-state index in [4.69, 9.17) is 4.74 Å². The maximum atomic E-state index is 13.1. The number of benzene rings is 1. The number of likely N-dealkylation sites (N-methyl/N-ethyl adjacent to an activating group) is 1. The fraction of sp³-hybridized carbons (Fsp3) is 0.526. The minimum atomic E-state index is -0.102. The Bertz CT molecular complexity index is 901. The van der Waals surface area contributed by atoms with Crippen molar-refractivity contribution >= 4 is 16.8 Å². The van der Waals surface area contributed by atoms with E-state index < -0.39 is 0 Å². The van der Waals surface area contributed by atoms with Gasteiger partial charge in [-0.1, -0.05) is 0 Å². The van der Waals surface area contributed by atoms with Gasteiger partial charge in [-0.3, -0.25) is 14.5 Å². The van der Waals surface area contributed by atoms with Gasteiger partial charge in [0, 0.05) is 51.0 Å². The van der Waals surface area contributed by atoms with Crippen molar-refractivity contribution in [3.05, 3.63) is 40.4 Å². The summed E-state index contributed by atoms with van der Waals surface area (Å²) in [5.74, 6) is 0.00773. The van der Waals surface area contributed by atoms with Crippen molar-refractivity contribution in [2.24, 2.45) is 7.05 Å². The van der Waals surface area contributed by atoms with Crippen LogP contribution < -0.4 is 5.56 Å². The van der Waals surface area contributed by atoms with E-state index in [0.717, 1.165) is 32.6 Å². The largest absolute Gasteiger partial charge is 0.381 e. The Labute approximate surface area is 152 Å². The van der Waals surface area contributed by atoms with Crippen LogP contribution in [0.1, 0.15) is 23.2 Å². The first-order chi connectivity index (χ1) is 12.5. The molecule has 0 bridgehead atoms. The number of carbonyl (C=O) groups is 1. The molecular formula is C19H24N4O3. The van der Waals surface area contributed by atoms with Crippen LogP contribution in [-0.4, -0.2) is 70.7 Å². The number of piperazine rings is 1. The van der Waals surface area contributed by atoms with Crippen LogP contribution in [0.5, 0.6) is 0 Å². The third kappa shape index (κ3) is 2.81. The van der Waals surface area contributed by atoms with Gasteiger partial charge in [-0.15, -0.1) is 0 Å². The van der Waals surface area contributed by atoms with Crippen LogP contribution in [0, 0.1) is 0 Å². The molecule has 0 saturated carbocycles. The van der Waals surface area contributed by atoms with E-state index in [9.17, 15) is 9.59 Å². The second kappa shape index (κ2) is 6.48. The number of carbonyl (C=O) groups excluding carboxylic acids is 1. The summed E-state index contributed by atoms with van der Waals surface area (Å²) >= 11 is 0. The quantitative estimate of drug-likeness (QED) is 0.759. The lowest BCUT2D eigenvalue weighted by atomic mass is 9.85. The molecule has 0 atom stereocenters. The zero-order valence-corrected chi connectivity index (χ0v) is 15.3. The van der Waals surface area contributed by atoms with Gasteiger partial charge in [0.25, 0.3) is 11.5 Å². The van der Waals surface area contributed by atoms with Gasteiger partial charge in [-0.25, -0.2) is 4.98 Å². The van der Waals surface area contributed by atoms with E-state index in [-0.39, 0.29) is 17.0 Å². The number of aromatic nitrogens is 2. The van der Waals surface area contributed by atoms with Gasteiger partial charge in [0.15, 0.2) is 0 Å². The minimum absolute atomic E-state index is 0.00773. The average molecular weight is 356 g/mol. The first-order valence-corrected chi connectivity index (χ1v) is 9.04. The summed E-state index contributed by atoms with van der Waals surface area (Å²) in [6.45, 7) is 3.77. The topological polar surface area (TPSA) is 67.7 Å². The molecule has 4 rings (SSSR count). The smallest absolute Gasteiger partial charge is 0.260 e. The Morgan fingerprint density at radius 1 is 1.19 bits per heavy atom. The zero-order valence-electron chi connectivity index (χ0n) is 15.3. The van der Waals surface area contributed by atoms with Crippen LogP contribution in [0.3, 0.4) is 0 Å². The Kier molecular flexibility index (Phi) is 4.28.